The summed E-state index contributed by atoms with van der Waals surface area (Å²) in [5.41, 5.74) is 0.979. The first-order valence-corrected chi connectivity index (χ1v) is 3.15. The number of hydrogen-bond donors (Lipinski definition) is 0. The van der Waals surface area contributed by atoms with Crippen molar-refractivity contribution in [3.05, 3.63) is 24.8 Å². The molecule has 1 unspecified atom stereocenters. The molecule has 0 saturated carbocycles. The van der Waals surface area contributed by atoms with E-state index in [0.717, 1.165) is 25.0 Å². The Hall–Kier alpha value is -0.560. The van der Waals surface area contributed by atoms with Crippen molar-refractivity contribution in [3.8, 4) is 0 Å². The summed E-state index contributed by atoms with van der Waals surface area (Å²) in [5.74, 6) is 0. The molecule has 0 bridgehead atoms. The van der Waals surface area contributed by atoms with E-state index in [9.17, 15) is 0 Å². The summed E-state index contributed by atoms with van der Waals surface area (Å²) in [6, 6.07) is 0. The van der Waals surface area contributed by atoms with Crippen LogP contribution >= 0.6 is 0 Å². The molecule has 9 heavy (non-hydrogen) atoms. The van der Waals surface area contributed by atoms with Crippen LogP contribution in [-0.2, 0) is 4.74 Å². The molecular weight excluding hydrogens is 112 g/mol. The van der Waals surface area contributed by atoms with Crippen molar-refractivity contribution in [2.24, 2.45) is 0 Å². The van der Waals surface area contributed by atoms with Gasteiger partial charge in [0.25, 0.3) is 0 Å². The lowest BCUT2D eigenvalue weighted by atomic mass is 10.1. The van der Waals surface area contributed by atoms with Crippen LogP contribution < -0.4 is 0 Å². The Morgan fingerprint density at radius 2 is 2.56 bits per heavy atom. The number of ether oxygens (including phenoxy) is 1. The van der Waals surface area contributed by atoms with Crippen molar-refractivity contribution in [2.75, 3.05) is 6.61 Å². The highest BCUT2D eigenvalue weighted by molar-refractivity contribution is 5.01. The lowest BCUT2D eigenvalue weighted by Gasteiger charge is -1.95. The molecule has 1 atom stereocenters. The van der Waals surface area contributed by atoms with Crippen LogP contribution in [0.3, 0.4) is 0 Å². The smallest absolute Gasteiger partial charge is 0.0847 e. The number of epoxide rings is 1. The highest BCUT2D eigenvalue weighted by atomic mass is 16.6. The summed E-state index contributed by atoms with van der Waals surface area (Å²) in [6.45, 7) is 10.1. The van der Waals surface area contributed by atoms with E-state index in [4.69, 9.17) is 11.3 Å². The zero-order valence-corrected chi connectivity index (χ0v) is 5.47. The first-order valence-electron chi connectivity index (χ1n) is 3.15. The number of hydrogen-bond acceptors (Lipinski definition) is 1. The van der Waals surface area contributed by atoms with E-state index in [1.165, 1.54) is 0 Å². The Morgan fingerprint density at radius 1 is 1.89 bits per heavy atom. The summed E-state index contributed by atoms with van der Waals surface area (Å²) in [6.07, 6.45) is 3.97. The van der Waals surface area contributed by atoms with Crippen molar-refractivity contribution >= 4 is 0 Å². The van der Waals surface area contributed by atoms with Crippen LogP contribution in [0.2, 0.25) is 0 Å². The van der Waals surface area contributed by atoms with Crippen LogP contribution in [-0.4, -0.2) is 12.7 Å². The van der Waals surface area contributed by atoms with Crippen LogP contribution in [0.25, 0.3) is 0 Å². The van der Waals surface area contributed by atoms with E-state index >= 15 is 0 Å². The van der Waals surface area contributed by atoms with Crippen LogP contribution in [0.1, 0.15) is 12.8 Å². The third-order valence-electron chi connectivity index (χ3n) is 1.30. The zero-order chi connectivity index (χ0) is 6.69. The SMILES string of the molecule is [CH]=C(CC=C)CC1CO1. The van der Waals surface area contributed by atoms with Gasteiger partial charge in [0.15, 0.2) is 0 Å². The molecule has 0 spiro atoms. The molecule has 0 N–H and O–H groups in total. The maximum atomic E-state index is 5.59. The predicted octanol–water partition coefficient (Wildman–Crippen LogP) is 1.71. The maximum absolute atomic E-state index is 5.59. The van der Waals surface area contributed by atoms with E-state index in [1.54, 1.807) is 0 Å². The van der Waals surface area contributed by atoms with Crippen molar-refractivity contribution < 1.29 is 4.74 Å². The minimum Gasteiger partial charge on any atom is -0.373 e. The molecule has 1 fully saturated rings. The molecule has 1 saturated heterocycles. The van der Waals surface area contributed by atoms with E-state index in [-0.39, 0.29) is 0 Å². The van der Waals surface area contributed by atoms with Crippen molar-refractivity contribution in [3.63, 3.8) is 0 Å². The van der Waals surface area contributed by atoms with E-state index in [2.05, 4.69) is 6.58 Å². The normalized spacial score (nSPS) is 23.3. The van der Waals surface area contributed by atoms with E-state index in [1.807, 2.05) is 6.08 Å². The molecule has 1 aliphatic rings. The molecule has 0 aliphatic carbocycles. The minimum atomic E-state index is 0.421. The van der Waals surface area contributed by atoms with Gasteiger partial charge >= 0.3 is 0 Å². The molecule has 0 aromatic carbocycles. The standard InChI is InChI=1S/C8H11O/c1-3-4-7(2)5-8-6-9-8/h2-3,8H,1,4-6H2. The highest BCUT2D eigenvalue weighted by Crippen LogP contribution is 2.19. The predicted molar refractivity (Wildman–Crippen MR) is 37.0 cm³/mol. The van der Waals surface area contributed by atoms with Gasteiger partial charge in [0.2, 0.25) is 0 Å². The first kappa shape index (κ1) is 6.56. The molecule has 49 valence electrons. The topological polar surface area (TPSA) is 12.5 Å². The Morgan fingerprint density at radius 3 is 3.00 bits per heavy atom. The van der Waals surface area contributed by atoms with Crippen molar-refractivity contribution in [1.82, 2.24) is 0 Å². The highest BCUT2D eigenvalue weighted by Gasteiger charge is 2.22. The lowest BCUT2D eigenvalue weighted by molar-refractivity contribution is 0.406. The quantitative estimate of drug-likeness (QED) is 0.409. The van der Waals surface area contributed by atoms with Gasteiger partial charge in [0.05, 0.1) is 12.7 Å². The summed E-state index contributed by atoms with van der Waals surface area (Å²) in [4.78, 5) is 0. The minimum absolute atomic E-state index is 0.421. The second-order valence-electron chi connectivity index (χ2n) is 2.31. The molecule has 1 radical (unpaired) electrons. The summed E-state index contributed by atoms with van der Waals surface area (Å²) in [7, 11) is 0. The zero-order valence-electron chi connectivity index (χ0n) is 5.47. The molecule has 0 aromatic rings. The third-order valence-corrected chi connectivity index (χ3v) is 1.30. The largest absolute Gasteiger partial charge is 0.373 e. The van der Waals surface area contributed by atoms with Gasteiger partial charge in [0, 0.05) is 0 Å². The molecule has 0 amide bonds. The third kappa shape index (κ3) is 2.47. The number of allylic oxidation sites excluding steroid dienone is 1. The van der Waals surface area contributed by atoms with E-state index < -0.39 is 0 Å². The number of rotatable bonds is 4. The van der Waals surface area contributed by atoms with Crippen LogP contribution in [0.15, 0.2) is 18.2 Å². The fraction of sp³-hybridized carbons (Fsp3) is 0.500. The average molecular weight is 123 g/mol. The van der Waals surface area contributed by atoms with Gasteiger partial charge in [-0.2, -0.15) is 0 Å². The molecule has 1 heterocycles. The van der Waals surface area contributed by atoms with Crippen LogP contribution in [0, 0.1) is 6.58 Å². The van der Waals surface area contributed by atoms with Gasteiger partial charge in [-0.05, 0) is 12.8 Å². The Balaban J connectivity index is 2.09. The fourth-order valence-electron chi connectivity index (χ4n) is 0.747. The molecule has 1 rings (SSSR count). The maximum Gasteiger partial charge on any atom is 0.0847 e. The molecular formula is C8H11O. The van der Waals surface area contributed by atoms with Gasteiger partial charge in [-0.15, -0.1) is 6.58 Å². The van der Waals surface area contributed by atoms with Gasteiger partial charge in [-0.25, -0.2) is 0 Å². The van der Waals surface area contributed by atoms with Crippen LogP contribution in [0.5, 0.6) is 0 Å². The van der Waals surface area contributed by atoms with Crippen molar-refractivity contribution in [2.45, 2.75) is 18.9 Å². The van der Waals surface area contributed by atoms with Crippen LogP contribution in [0.4, 0.5) is 0 Å². The van der Waals surface area contributed by atoms with Gasteiger partial charge in [-0.3, -0.25) is 0 Å². The monoisotopic (exact) mass is 123 g/mol. The summed E-state index contributed by atoms with van der Waals surface area (Å²) < 4.78 is 4.99. The summed E-state index contributed by atoms with van der Waals surface area (Å²) in [5, 5.41) is 0. The Kier molecular flexibility index (Phi) is 2.06. The summed E-state index contributed by atoms with van der Waals surface area (Å²) >= 11 is 0. The van der Waals surface area contributed by atoms with Gasteiger partial charge < -0.3 is 4.74 Å². The second kappa shape index (κ2) is 2.83. The second-order valence-corrected chi connectivity index (χ2v) is 2.31. The molecule has 1 heteroatoms. The van der Waals surface area contributed by atoms with E-state index in [0.29, 0.717) is 6.10 Å². The van der Waals surface area contributed by atoms with Gasteiger partial charge in [0.1, 0.15) is 0 Å². The molecule has 1 aliphatic heterocycles. The molecule has 0 aromatic heterocycles. The average Bonchev–Trinajstić information content (AvgIpc) is 2.50. The first-order chi connectivity index (χ1) is 4.33. The Labute approximate surface area is 56.0 Å². The fourth-order valence-corrected chi connectivity index (χ4v) is 0.747. The molecule has 1 nitrogen and oxygen atoms in total. The van der Waals surface area contributed by atoms with Crippen molar-refractivity contribution in [1.29, 1.82) is 0 Å². The Bertz CT molecular complexity index is 123. The lowest BCUT2D eigenvalue weighted by Crippen LogP contribution is -1.87. The van der Waals surface area contributed by atoms with Gasteiger partial charge in [-0.1, -0.05) is 18.2 Å².